The number of hydrogen-bond acceptors (Lipinski definition) is 0. The molecule has 0 fully saturated rings. The summed E-state index contributed by atoms with van der Waals surface area (Å²) in [5.41, 5.74) is 12.4. The van der Waals surface area contributed by atoms with Crippen LogP contribution >= 0.6 is 0 Å². The molecule has 0 spiro atoms. The molecule has 10 aromatic carbocycles. The predicted molar refractivity (Wildman–Crippen MR) is 224 cm³/mol. The van der Waals surface area contributed by atoms with E-state index in [1.54, 1.807) is 0 Å². The Morgan fingerprint density at radius 2 is 0.577 bits per heavy atom. The summed E-state index contributed by atoms with van der Waals surface area (Å²) in [7, 11) is 0. The van der Waals surface area contributed by atoms with Gasteiger partial charge in [-0.15, -0.1) is 0 Å². The minimum Gasteiger partial charge on any atom is -0.0622 e. The molecule has 242 valence electrons. The lowest BCUT2D eigenvalue weighted by Gasteiger charge is -2.19. The molecular formula is C52H34. The molecule has 0 N–H and O–H groups in total. The van der Waals surface area contributed by atoms with Crippen molar-refractivity contribution in [2.75, 3.05) is 0 Å². The average Bonchev–Trinajstić information content (AvgIpc) is 3.22. The van der Waals surface area contributed by atoms with Crippen molar-refractivity contribution in [3.05, 3.63) is 206 Å². The highest BCUT2D eigenvalue weighted by atomic mass is 14.2. The fraction of sp³-hybridized carbons (Fsp3) is 0. The molecule has 0 heteroatoms. The second kappa shape index (κ2) is 12.5. The normalized spacial score (nSPS) is 11.5. The quantitative estimate of drug-likeness (QED) is 0.161. The van der Waals surface area contributed by atoms with Crippen LogP contribution in [-0.2, 0) is 0 Å². The lowest BCUT2D eigenvalue weighted by molar-refractivity contribution is 1.61. The maximum Gasteiger partial charge on any atom is -0.00261 e. The largest absolute Gasteiger partial charge is 0.0622 e. The molecule has 0 unspecified atom stereocenters. The van der Waals surface area contributed by atoms with Gasteiger partial charge in [-0.25, -0.2) is 0 Å². The van der Waals surface area contributed by atoms with E-state index >= 15 is 0 Å². The number of hydrogen-bond donors (Lipinski definition) is 0. The molecule has 0 radical (unpaired) electrons. The maximum absolute atomic E-state index is 2.43. The second-order valence-electron chi connectivity index (χ2n) is 13.6. The molecule has 0 nitrogen and oxygen atoms in total. The SMILES string of the molecule is c1ccc(-c2ccc(-c3c4ccccc4c(-c4ccc(-c5cccc6ccccc56)cc4)c4ccc(-c5cccc6ccccc56)cc34)cc2)cc1. The van der Waals surface area contributed by atoms with Crippen molar-refractivity contribution in [1.82, 2.24) is 0 Å². The lowest BCUT2D eigenvalue weighted by Crippen LogP contribution is -1.92. The molecule has 0 aliphatic carbocycles. The predicted octanol–water partition coefficient (Wildman–Crippen LogP) is 14.6. The zero-order chi connectivity index (χ0) is 34.4. The third-order valence-electron chi connectivity index (χ3n) is 10.7. The number of benzene rings is 10. The Labute approximate surface area is 303 Å². The molecule has 0 aromatic heterocycles. The van der Waals surface area contributed by atoms with Gasteiger partial charge in [0.1, 0.15) is 0 Å². The Balaban J connectivity index is 1.21. The smallest absolute Gasteiger partial charge is 0.00261 e. The van der Waals surface area contributed by atoms with E-state index in [0.717, 1.165) is 0 Å². The Morgan fingerprint density at radius 3 is 1.17 bits per heavy atom. The highest BCUT2D eigenvalue weighted by Crippen LogP contribution is 2.46. The second-order valence-corrected chi connectivity index (χ2v) is 13.6. The van der Waals surface area contributed by atoms with Gasteiger partial charge in [0, 0.05) is 0 Å². The Kier molecular flexibility index (Phi) is 7.25. The minimum absolute atomic E-state index is 1.22. The van der Waals surface area contributed by atoms with Crippen LogP contribution in [0.25, 0.3) is 98.7 Å². The van der Waals surface area contributed by atoms with Gasteiger partial charge in [0.05, 0.1) is 0 Å². The first-order chi connectivity index (χ1) is 25.8. The highest BCUT2D eigenvalue weighted by molar-refractivity contribution is 6.22. The molecule has 0 saturated carbocycles. The van der Waals surface area contributed by atoms with Crippen LogP contribution in [0.2, 0.25) is 0 Å². The standard InChI is InChI=1S/C52H34/c1-2-12-35(13-3-1)36-24-28-41(29-25-36)52-48-21-9-8-20-47(48)51(40-30-26-39(27-31-40)45-22-10-16-37-14-4-6-18-43(37)45)49-33-32-42(34-50(49)52)46-23-11-17-38-15-5-7-19-44(38)46/h1-34H. The van der Waals surface area contributed by atoms with Crippen LogP contribution < -0.4 is 0 Å². The first-order valence-electron chi connectivity index (χ1n) is 18.0. The summed E-state index contributed by atoms with van der Waals surface area (Å²) in [5.74, 6) is 0. The van der Waals surface area contributed by atoms with Crippen LogP contribution in [0.5, 0.6) is 0 Å². The third kappa shape index (κ3) is 5.08. The first kappa shape index (κ1) is 30.1. The van der Waals surface area contributed by atoms with E-state index in [0.29, 0.717) is 0 Å². The molecule has 0 aliphatic heterocycles. The third-order valence-corrected chi connectivity index (χ3v) is 10.7. The van der Waals surface area contributed by atoms with E-state index in [1.165, 1.54) is 98.7 Å². The van der Waals surface area contributed by atoms with Crippen molar-refractivity contribution in [2.45, 2.75) is 0 Å². The lowest BCUT2D eigenvalue weighted by atomic mass is 9.84. The van der Waals surface area contributed by atoms with Crippen LogP contribution in [0.15, 0.2) is 206 Å². The zero-order valence-electron chi connectivity index (χ0n) is 28.6. The van der Waals surface area contributed by atoms with Crippen molar-refractivity contribution >= 4 is 43.1 Å². The molecule has 0 heterocycles. The first-order valence-corrected chi connectivity index (χ1v) is 18.0. The van der Waals surface area contributed by atoms with Gasteiger partial charge in [-0.05, 0) is 105 Å². The van der Waals surface area contributed by atoms with Gasteiger partial charge in [0.15, 0.2) is 0 Å². The molecular weight excluding hydrogens is 625 g/mol. The van der Waals surface area contributed by atoms with E-state index in [1.807, 2.05) is 0 Å². The van der Waals surface area contributed by atoms with Crippen molar-refractivity contribution in [2.24, 2.45) is 0 Å². The summed E-state index contributed by atoms with van der Waals surface area (Å²) in [4.78, 5) is 0. The van der Waals surface area contributed by atoms with E-state index in [9.17, 15) is 0 Å². The van der Waals surface area contributed by atoms with Crippen LogP contribution in [0.4, 0.5) is 0 Å². The topological polar surface area (TPSA) is 0 Å². The van der Waals surface area contributed by atoms with Gasteiger partial charge in [-0.2, -0.15) is 0 Å². The van der Waals surface area contributed by atoms with Gasteiger partial charge < -0.3 is 0 Å². The van der Waals surface area contributed by atoms with Gasteiger partial charge in [0.25, 0.3) is 0 Å². The van der Waals surface area contributed by atoms with Crippen molar-refractivity contribution in [1.29, 1.82) is 0 Å². The van der Waals surface area contributed by atoms with E-state index in [2.05, 4.69) is 206 Å². The van der Waals surface area contributed by atoms with Crippen LogP contribution in [0, 0.1) is 0 Å². The highest BCUT2D eigenvalue weighted by Gasteiger charge is 2.18. The summed E-state index contributed by atoms with van der Waals surface area (Å²) in [6.07, 6.45) is 0. The van der Waals surface area contributed by atoms with Crippen LogP contribution in [0.3, 0.4) is 0 Å². The number of rotatable bonds is 5. The molecule has 0 saturated heterocycles. The molecule has 52 heavy (non-hydrogen) atoms. The van der Waals surface area contributed by atoms with E-state index in [4.69, 9.17) is 0 Å². The summed E-state index contributed by atoms with van der Waals surface area (Å²) in [6.45, 7) is 0. The van der Waals surface area contributed by atoms with Crippen molar-refractivity contribution in [3.8, 4) is 55.6 Å². The summed E-state index contributed by atoms with van der Waals surface area (Å²) in [6, 6.07) is 75.6. The van der Waals surface area contributed by atoms with Gasteiger partial charge >= 0.3 is 0 Å². The van der Waals surface area contributed by atoms with Crippen molar-refractivity contribution in [3.63, 3.8) is 0 Å². The Hall–Kier alpha value is -6.76. The van der Waals surface area contributed by atoms with Gasteiger partial charge in [-0.3, -0.25) is 0 Å². The fourth-order valence-electron chi connectivity index (χ4n) is 8.20. The molecule has 0 atom stereocenters. The van der Waals surface area contributed by atoms with E-state index < -0.39 is 0 Å². The van der Waals surface area contributed by atoms with Gasteiger partial charge in [-0.1, -0.05) is 200 Å². The summed E-state index contributed by atoms with van der Waals surface area (Å²) in [5, 5.41) is 10.1. The van der Waals surface area contributed by atoms with Crippen LogP contribution in [-0.4, -0.2) is 0 Å². The summed E-state index contributed by atoms with van der Waals surface area (Å²) < 4.78 is 0. The fourth-order valence-corrected chi connectivity index (χ4v) is 8.20. The minimum atomic E-state index is 1.22. The monoisotopic (exact) mass is 658 g/mol. The van der Waals surface area contributed by atoms with Gasteiger partial charge in [0.2, 0.25) is 0 Å². The average molecular weight is 659 g/mol. The maximum atomic E-state index is 2.43. The summed E-state index contributed by atoms with van der Waals surface area (Å²) >= 11 is 0. The van der Waals surface area contributed by atoms with E-state index in [-0.39, 0.29) is 0 Å². The molecule has 10 rings (SSSR count). The molecule has 0 bridgehead atoms. The van der Waals surface area contributed by atoms with Crippen LogP contribution in [0.1, 0.15) is 0 Å². The molecule has 0 amide bonds. The number of fused-ring (bicyclic) bond motifs is 4. The zero-order valence-corrected chi connectivity index (χ0v) is 28.6. The molecule has 10 aromatic rings. The Bertz CT molecular complexity index is 2900. The molecule has 0 aliphatic rings. The van der Waals surface area contributed by atoms with Crippen molar-refractivity contribution < 1.29 is 0 Å². The Morgan fingerprint density at radius 1 is 0.192 bits per heavy atom.